The van der Waals surface area contributed by atoms with Gasteiger partial charge < -0.3 is 10.6 Å². The van der Waals surface area contributed by atoms with Gasteiger partial charge >= 0.3 is 0 Å². The molecule has 0 bridgehead atoms. The number of nitrogens with two attached hydrogens (primary N) is 1. The second kappa shape index (κ2) is 5.90. The van der Waals surface area contributed by atoms with E-state index in [2.05, 4.69) is 31.5 Å². The van der Waals surface area contributed by atoms with E-state index < -0.39 is 5.54 Å². The van der Waals surface area contributed by atoms with Gasteiger partial charge in [-0.3, -0.25) is 4.79 Å². The van der Waals surface area contributed by atoms with E-state index in [0.29, 0.717) is 12.4 Å². The maximum absolute atomic E-state index is 12.6. The first-order chi connectivity index (χ1) is 9.82. The Morgan fingerprint density at radius 3 is 2.57 bits per heavy atom. The van der Waals surface area contributed by atoms with E-state index in [4.69, 9.17) is 5.73 Å². The minimum Gasteiger partial charge on any atom is -0.336 e. The molecule has 0 radical (unpaired) electrons. The molecule has 2 rings (SSSR count). The average Bonchev–Trinajstić information content (AvgIpc) is 2.83. The van der Waals surface area contributed by atoms with Crippen molar-refractivity contribution in [3.05, 3.63) is 40.1 Å². The minimum atomic E-state index is -1.11. The highest BCUT2D eigenvalue weighted by atomic mass is 79.9. The summed E-state index contributed by atoms with van der Waals surface area (Å²) in [6.45, 7) is 2.00. The molecule has 1 atom stereocenters. The van der Waals surface area contributed by atoms with Crippen LogP contribution in [0.15, 0.2) is 28.7 Å². The first kappa shape index (κ1) is 15.6. The average molecular weight is 353 g/mol. The molecule has 0 saturated heterocycles. The lowest BCUT2D eigenvalue weighted by Gasteiger charge is -2.29. The third-order valence-corrected chi connectivity index (χ3v) is 3.85. The molecule has 1 amide bonds. The lowest BCUT2D eigenvalue weighted by molar-refractivity contribution is -0.136. The van der Waals surface area contributed by atoms with E-state index in [1.54, 1.807) is 21.0 Å². The minimum absolute atomic E-state index is 0.201. The molecule has 0 spiro atoms. The summed E-state index contributed by atoms with van der Waals surface area (Å²) in [5.74, 6) is 0.394. The van der Waals surface area contributed by atoms with Gasteiger partial charge in [0, 0.05) is 18.6 Å². The topological polar surface area (TPSA) is 89.9 Å². The predicted octanol–water partition coefficient (Wildman–Crippen LogP) is 0.805. The molecule has 1 aromatic heterocycles. The van der Waals surface area contributed by atoms with Crippen molar-refractivity contribution in [1.29, 1.82) is 0 Å². The molecule has 0 saturated carbocycles. The van der Waals surface area contributed by atoms with E-state index in [9.17, 15) is 4.79 Å². The highest BCUT2D eigenvalue weighted by molar-refractivity contribution is 9.10. The van der Waals surface area contributed by atoms with Crippen molar-refractivity contribution in [3.8, 4) is 0 Å². The summed E-state index contributed by atoms with van der Waals surface area (Å²) in [5, 5.41) is 11.2. The summed E-state index contributed by atoms with van der Waals surface area (Å²) in [7, 11) is 3.41. The number of rotatable bonds is 4. The lowest BCUT2D eigenvalue weighted by Crippen LogP contribution is -2.49. The quantitative estimate of drug-likeness (QED) is 0.878. The summed E-state index contributed by atoms with van der Waals surface area (Å²) >= 11 is 3.36. The number of aryl methyl sites for hydroxylation is 1. The number of aromatic nitrogens is 4. The molecule has 21 heavy (non-hydrogen) atoms. The molecule has 7 nitrogen and oxygen atoms in total. The summed E-state index contributed by atoms with van der Waals surface area (Å²) < 4.78 is 2.46. The molecule has 2 aromatic rings. The molecular weight excluding hydrogens is 336 g/mol. The molecule has 1 unspecified atom stereocenters. The fourth-order valence-corrected chi connectivity index (χ4v) is 2.25. The summed E-state index contributed by atoms with van der Waals surface area (Å²) in [6, 6.07) is 7.39. The predicted molar refractivity (Wildman–Crippen MR) is 81.0 cm³/mol. The van der Waals surface area contributed by atoms with E-state index in [1.165, 1.54) is 9.58 Å². The van der Waals surface area contributed by atoms with Crippen molar-refractivity contribution < 1.29 is 4.79 Å². The van der Waals surface area contributed by atoms with Gasteiger partial charge in [-0.1, -0.05) is 28.1 Å². The first-order valence-electron chi connectivity index (χ1n) is 6.34. The Kier molecular flexibility index (Phi) is 4.38. The zero-order valence-electron chi connectivity index (χ0n) is 12.1. The lowest BCUT2D eigenvalue weighted by atomic mass is 9.92. The van der Waals surface area contributed by atoms with Crippen molar-refractivity contribution in [2.75, 3.05) is 7.05 Å². The Morgan fingerprint density at radius 1 is 1.43 bits per heavy atom. The van der Waals surface area contributed by atoms with E-state index >= 15 is 0 Å². The Hall–Kier alpha value is -1.80. The molecule has 1 heterocycles. The summed E-state index contributed by atoms with van der Waals surface area (Å²) in [4.78, 5) is 14.1. The van der Waals surface area contributed by atoms with E-state index in [1.807, 2.05) is 24.3 Å². The fourth-order valence-electron chi connectivity index (χ4n) is 1.98. The number of amides is 1. The molecule has 8 heteroatoms. The van der Waals surface area contributed by atoms with Gasteiger partial charge in [-0.15, -0.1) is 5.10 Å². The van der Waals surface area contributed by atoms with Crippen LogP contribution in [0.25, 0.3) is 0 Å². The number of carbonyl (C=O) groups is 1. The molecule has 0 aliphatic rings. The van der Waals surface area contributed by atoms with Crippen molar-refractivity contribution in [3.63, 3.8) is 0 Å². The number of likely N-dealkylation sites (N-methyl/N-ethyl adjacent to an activating group) is 1. The van der Waals surface area contributed by atoms with Crippen LogP contribution in [0.3, 0.4) is 0 Å². The van der Waals surface area contributed by atoms with Gasteiger partial charge in [-0.25, -0.2) is 4.68 Å². The third kappa shape index (κ3) is 3.27. The van der Waals surface area contributed by atoms with E-state index in [0.717, 1.165) is 10.0 Å². The highest BCUT2D eigenvalue weighted by Gasteiger charge is 2.33. The fraction of sp³-hybridized carbons (Fsp3) is 0.385. The van der Waals surface area contributed by atoms with Crippen LogP contribution >= 0.6 is 15.9 Å². The normalized spacial score (nSPS) is 13.8. The zero-order valence-corrected chi connectivity index (χ0v) is 13.7. The number of halogens is 1. The Balaban J connectivity index is 2.17. The summed E-state index contributed by atoms with van der Waals surface area (Å²) in [6.07, 6.45) is 0. The maximum atomic E-state index is 12.6. The standard InChI is InChI=1S/C13H17BrN6O/c1-13(15,9-4-6-10(14)7-5-9)12(21)19(2)8-11-16-17-18-20(11)3/h4-7H,8,15H2,1-3H3. The largest absolute Gasteiger partial charge is 0.336 e. The third-order valence-electron chi connectivity index (χ3n) is 3.32. The Morgan fingerprint density at radius 2 is 2.05 bits per heavy atom. The van der Waals surface area contributed by atoms with Crippen LogP contribution in [-0.2, 0) is 23.9 Å². The van der Waals surface area contributed by atoms with Gasteiger partial charge in [0.05, 0.1) is 6.54 Å². The number of tetrazole rings is 1. The Labute approximate surface area is 131 Å². The highest BCUT2D eigenvalue weighted by Crippen LogP contribution is 2.22. The van der Waals surface area contributed by atoms with Crippen LogP contribution in [-0.4, -0.2) is 38.1 Å². The van der Waals surface area contributed by atoms with Crippen LogP contribution < -0.4 is 5.73 Å². The first-order valence-corrected chi connectivity index (χ1v) is 7.13. The second-order valence-corrected chi connectivity index (χ2v) is 6.00. The molecule has 2 N–H and O–H groups in total. The SMILES string of the molecule is CN(Cc1nnnn1C)C(=O)C(C)(N)c1ccc(Br)cc1. The zero-order chi connectivity index (χ0) is 15.6. The van der Waals surface area contributed by atoms with Gasteiger partial charge in [0.2, 0.25) is 5.91 Å². The number of nitrogens with zero attached hydrogens (tertiary/aromatic N) is 5. The number of benzene rings is 1. The van der Waals surface area contributed by atoms with Gasteiger partial charge in [0.25, 0.3) is 0 Å². The van der Waals surface area contributed by atoms with Crippen LogP contribution in [0.4, 0.5) is 0 Å². The smallest absolute Gasteiger partial charge is 0.247 e. The number of hydrogen-bond acceptors (Lipinski definition) is 5. The van der Waals surface area contributed by atoms with Crippen LogP contribution in [0.5, 0.6) is 0 Å². The number of carbonyl (C=O) groups excluding carboxylic acids is 1. The molecule has 1 aromatic carbocycles. The van der Waals surface area contributed by atoms with Gasteiger partial charge in [0.1, 0.15) is 5.54 Å². The van der Waals surface area contributed by atoms with E-state index in [-0.39, 0.29) is 5.91 Å². The monoisotopic (exact) mass is 352 g/mol. The van der Waals surface area contributed by atoms with Crippen LogP contribution in [0.2, 0.25) is 0 Å². The van der Waals surface area contributed by atoms with Crippen molar-refractivity contribution in [1.82, 2.24) is 25.1 Å². The molecule has 112 valence electrons. The van der Waals surface area contributed by atoms with Gasteiger partial charge in [0.15, 0.2) is 5.82 Å². The van der Waals surface area contributed by atoms with Gasteiger partial charge in [-0.05, 0) is 35.0 Å². The van der Waals surface area contributed by atoms with Crippen LogP contribution in [0, 0.1) is 0 Å². The molecule has 0 fully saturated rings. The molecular formula is C13H17BrN6O. The number of hydrogen-bond donors (Lipinski definition) is 1. The molecule has 0 aliphatic carbocycles. The maximum Gasteiger partial charge on any atom is 0.247 e. The second-order valence-electron chi connectivity index (χ2n) is 5.09. The van der Waals surface area contributed by atoms with Crippen LogP contribution in [0.1, 0.15) is 18.3 Å². The molecule has 0 aliphatic heterocycles. The van der Waals surface area contributed by atoms with Crippen molar-refractivity contribution in [2.45, 2.75) is 19.0 Å². The van der Waals surface area contributed by atoms with Crippen molar-refractivity contribution >= 4 is 21.8 Å². The Bertz CT molecular complexity index is 636. The summed E-state index contributed by atoms with van der Waals surface area (Å²) in [5.41, 5.74) is 5.87. The van der Waals surface area contributed by atoms with Gasteiger partial charge in [-0.2, -0.15) is 0 Å². The van der Waals surface area contributed by atoms with Crippen molar-refractivity contribution in [2.24, 2.45) is 12.8 Å².